The van der Waals surface area contributed by atoms with Crippen molar-refractivity contribution in [2.24, 2.45) is 23.5 Å². The van der Waals surface area contributed by atoms with Gasteiger partial charge in [0.2, 0.25) is 0 Å². The minimum atomic E-state index is -0.418. The number of carbonyl (C=O) groups excluding carboxylic acids is 1. The van der Waals surface area contributed by atoms with Crippen LogP contribution in [0.1, 0.15) is 23.0 Å². The lowest BCUT2D eigenvalue weighted by Crippen LogP contribution is -2.23. The number of methoxy groups -OCH3 is 1. The van der Waals surface area contributed by atoms with Crippen molar-refractivity contribution in [1.29, 1.82) is 0 Å². The van der Waals surface area contributed by atoms with Crippen molar-refractivity contribution < 1.29 is 14.3 Å². The van der Waals surface area contributed by atoms with Crippen molar-refractivity contribution in [2.45, 2.75) is 13.5 Å². The number of ether oxygens (including phenoxy) is 2. The standard InChI is InChI=1S/C25H26N4O3/c1-4-32-24(30)23-19-13-22(31-3)18(12-20(19)29(2)21(23)14-28-25(26)27)17-11-7-9-15-8-5-6-10-16(15)17/h5-13H,4,14H2,1-3H3,(H4,26,27,28). The van der Waals surface area contributed by atoms with E-state index in [1.807, 2.05) is 41.9 Å². The first kappa shape index (κ1) is 21.2. The first-order valence-corrected chi connectivity index (χ1v) is 10.4. The number of hydrogen-bond donors (Lipinski definition) is 2. The molecule has 0 fully saturated rings. The molecular formula is C25H26N4O3. The largest absolute Gasteiger partial charge is 0.496 e. The van der Waals surface area contributed by atoms with Crippen molar-refractivity contribution in [2.75, 3.05) is 13.7 Å². The van der Waals surface area contributed by atoms with Gasteiger partial charge in [-0.25, -0.2) is 9.79 Å². The lowest BCUT2D eigenvalue weighted by atomic mass is 9.96. The Labute approximate surface area is 186 Å². The minimum absolute atomic E-state index is 0.0425. The second-order valence-electron chi connectivity index (χ2n) is 7.44. The maximum atomic E-state index is 12.9. The van der Waals surface area contributed by atoms with Gasteiger partial charge in [0, 0.05) is 23.5 Å². The van der Waals surface area contributed by atoms with E-state index in [9.17, 15) is 4.79 Å². The van der Waals surface area contributed by atoms with Crippen LogP contribution < -0.4 is 16.2 Å². The molecule has 164 valence electrons. The summed E-state index contributed by atoms with van der Waals surface area (Å²) in [6, 6.07) is 18.3. The average Bonchev–Trinajstić information content (AvgIpc) is 3.07. The van der Waals surface area contributed by atoms with Crippen LogP contribution in [0.3, 0.4) is 0 Å². The van der Waals surface area contributed by atoms with E-state index >= 15 is 0 Å². The Kier molecular flexibility index (Phi) is 5.73. The molecule has 0 bridgehead atoms. The van der Waals surface area contributed by atoms with Gasteiger partial charge in [-0.2, -0.15) is 0 Å². The SMILES string of the molecule is CCOC(=O)c1c(CN=C(N)N)n(C)c2cc(-c3cccc4ccccc34)c(OC)cc12. The lowest BCUT2D eigenvalue weighted by Gasteiger charge is -2.13. The van der Waals surface area contributed by atoms with Gasteiger partial charge in [0.05, 0.1) is 31.5 Å². The zero-order chi connectivity index (χ0) is 22.8. The number of aliphatic imine (C=N–C) groups is 1. The fraction of sp³-hybridized carbons (Fsp3) is 0.200. The van der Waals surface area contributed by atoms with Crippen LogP contribution in [0.2, 0.25) is 0 Å². The van der Waals surface area contributed by atoms with Crippen molar-refractivity contribution >= 4 is 33.6 Å². The van der Waals surface area contributed by atoms with Gasteiger partial charge < -0.3 is 25.5 Å². The normalized spacial score (nSPS) is 11.0. The third-order valence-electron chi connectivity index (χ3n) is 5.61. The maximum absolute atomic E-state index is 12.9. The number of nitrogens with zero attached hydrogens (tertiary/aromatic N) is 2. The van der Waals surface area contributed by atoms with Crippen molar-refractivity contribution in [3.05, 3.63) is 65.9 Å². The molecule has 0 unspecified atom stereocenters. The van der Waals surface area contributed by atoms with Crippen LogP contribution in [0.5, 0.6) is 5.75 Å². The fourth-order valence-electron chi connectivity index (χ4n) is 4.14. The molecule has 0 spiro atoms. The van der Waals surface area contributed by atoms with Gasteiger partial charge in [-0.3, -0.25) is 0 Å². The van der Waals surface area contributed by atoms with Crippen molar-refractivity contribution in [3.63, 3.8) is 0 Å². The monoisotopic (exact) mass is 430 g/mol. The molecule has 0 radical (unpaired) electrons. The number of guanidine groups is 1. The minimum Gasteiger partial charge on any atom is -0.496 e. The molecule has 4 aromatic rings. The van der Waals surface area contributed by atoms with Gasteiger partial charge in [0.25, 0.3) is 0 Å². The molecule has 0 aliphatic carbocycles. The van der Waals surface area contributed by atoms with Crippen LogP contribution in [0.4, 0.5) is 0 Å². The van der Waals surface area contributed by atoms with Gasteiger partial charge in [0.15, 0.2) is 5.96 Å². The number of nitrogens with two attached hydrogens (primary N) is 2. The van der Waals surface area contributed by atoms with Gasteiger partial charge in [-0.15, -0.1) is 0 Å². The molecule has 0 atom stereocenters. The first-order valence-electron chi connectivity index (χ1n) is 10.4. The van der Waals surface area contributed by atoms with Crippen molar-refractivity contribution in [3.8, 4) is 16.9 Å². The van der Waals surface area contributed by atoms with E-state index in [0.717, 1.165) is 32.8 Å². The summed E-state index contributed by atoms with van der Waals surface area (Å²) in [6.45, 7) is 2.20. The summed E-state index contributed by atoms with van der Waals surface area (Å²) in [5, 5.41) is 2.99. The van der Waals surface area contributed by atoms with E-state index in [4.69, 9.17) is 20.9 Å². The van der Waals surface area contributed by atoms with Crippen LogP contribution in [0.25, 0.3) is 32.8 Å². The van der Waals surface area contributed by atoms with Gasteiger partial charge in [-0.1, -0.05) is 42.5 Å². The molecule has 0 amide bonds. The van der Waals surface area contributed by atoms with E-state index in [0.29, 0.717) is 17.0 Å². The third-order valence-corrected chi connectivity index (χ3v) is 5.61. The number of esters is 1. The van der Waals surface area contributed by atoms with Crippen LogP contribution >= 0.6 is 0 Å². The summed E-state index contributed by atoms with van der Waals surface area (Å²) in [6.07, 6.45) is 0. The molecule has 0 saturated heterocycles. The van der Waals surface area contributed by atoms with Crippen LogP contribution in [-0.4, -0.2) is 30.2 Å². The summed E-state index contributed by atoms with van der Waals surface area (Å²) in [5.74, 6) is 0.205. The van der Waals surface area contributed by atoms with Crippen LogP contribution in [0.15, 0.2) is 59.6 Å². The molecule has 32 heavy (non-hydrogen) atoms. The fourth-order valence-corrected chi connectivity index (χ4v) is 4.14. The van der Waals surface area contributed by atoms with Gasteiger partial charge in [0.1, 0.15) is 5.75 Å². The molecule has 7 heteroatoms. The molecule has 3 aromatic carbocycles. The number of aryl methyl sites for hydroxylation is 1. The average molecular weight is 431 g/mol. The number of carbonyl (C=O) groups is 1. The van der Waals surface area contributed by atoms with E-state index in [1.54, 1.807) is 14.0 Å². The molecule has 4 N–H and O–H groups in total. The number of fused-ring (bicyclic) bond motifs is 2. The molecule has 7 nitrogen and oxygen atoms in total. The topological polar surface area (TPSA) is 105 Å². The maximum Gasteiger partial charge on any atom is 0.340 e. The number of hydrogen-bond acceptors (Lipinski definition) is 4. The first-order chi connectivity index (χ1) is 15.5. The second kappa shape index (κ2) is 8.63. The molecule has 0 saturated carbocycles. The Balaban J connectivity index is 2.03. The highest BCUT2D eigenvalue weighted by Gasteiger charge is 2.24. The number of aromatic nitrogens is 1. The van der Waals surface area contributed by atoms with Crippen LogP contribution in [0, 0.1) is 0 Å². The highest BCUT2D eigenvalue weighted by molar-refractivity contribution is 6.09. The smallest absolute Gasteiger partial charge is 0.340 e. The Morgan fingerprint density at radius 1 is 1.03 bits per heavy atom. The molecule has 4 rings (SSSR count). The Hall–Kier alpha value is -4.00. The Bertz CT molecular complexity index is 1350. The summed E-state index contributed by atoms with van der Waals surface area (Å²) >= 11 is 0. The molecule has 1 heterocycles. The van der Waals surface area contributed by atoms with Gasteiger partial charge >= 0.3 is 5.97 Å². The number of benzene rings is 3. The predicted octanol–water partition coefficient (Wildman–Crippen LogP) is 3.96. The van der Waals surface area contributed by atoms with E-state index < -0.39 is 5.97 Å². The number of rotatable bonds is 6. The van der Waals surface area contributed by atoms with Crippen LogP contribution in [-0.2, 0) is 18.3 Å². The van der Waals surface area contributed by atoms with E-state index in [2.05, 4.69) is 29.3 Å². The zero-order valence-electron chi connectivity index (χ0n) is 18.4. The van der Waals surface area contributed by atoms with Gasteiger partial charge in [-0.05, 0) is 35.4 Å². The quantitative estimate of drug-likeness (QED) is 0.274. The molecule has 0 aliphatic heterocycles. The summed E-state index contributed by atoms with van der Waals surface area (Å²) < 4.78 is 13.0. The third kappa shape index (κ3) is 3.62. The second-order valence-corrected chi connectivity index (χ2v) is 7.44. The van der Waals surface area contributed by atoms with E-state index in [-0.39, 0.29) is 19.1 Å². The zero-order valence-corrected chi connectivity index (χ0v) is 18.4. The molecular weight excluding hydrogens is 404 g/mol. The Morgan fingerprint density at radius 3 is 2.50 bits per heavy atom. The molecule has 0 aliphatic rings. The summed E-state index contributed by atoms with van der Waals surface area (Å²) in [7, 11) is 3.52. The predicted molar refractivity (Wildman–Crippen MR) is 128 cm³/mol. The molecule has 1 aromatic heterocycles. The highest BCUT2D eigenvalue weighted by atomic mass is 16.5. The lowest BCUT2D eigenvalue weighted by molar-refractivity contribution is 0.0527. The summed E-state index contributed by atoms with van der Waals surface area (Å²) in [4.78, 5) is 17.0. The highest BCUT2D eigenvalue weighted by Crippen LogP contribution is 2.40. The van der Waals surface area contributed by atoms with Crippen molar-refractivity contribution in [1.82, 2.24) is 4.57 Å². The Morgan fingerprint density at radius 2 is 1.78 bits per heavy atom. The summed E-state index contributed by atoms with van der Waals surface area (Å²) in [5.41, 5.74) is 15.1. The van der Waals surface area contributed by atoms with E-state index in [1.165, 1.54) is 0 Å².